The molecule has 0 radical (unpaired) electrons. The summed E-state index contributed by atoms with van der Waals surface area (Å²) in [4.78, 5) is 17.9. The SMILES string of the molecule is CN(C(=O)C12CC(N)(C1)C2)C(c1ccc(NC(c2ccccc2)c2ccccc2)cn1)C(F)(F)F. The summed E-state index contributed by atoms with van der Waals surface area (Å²) in [6.07, 6.45) is -1.92. The predicted octanol–water partition coefficient (Wildman–Crippen LogP) is 5.23. The zero-order valence-corrected chi connectivity index (χ0v) is 19.3. The van der Waals surface area contributed by atoms with Crippen LogP contribution in [-0.4, -0.2) is 34.6 Å². The molecule has 1 aromatic heterocycles. The van der Waals surface area contributed by atoms with Crippen LogP contribution in [0.15, 0.2) is 79.0 Å². The molecular weight excluding hydrogens is 453 g/mol. The third-order valence-electron chi connectivity index (χ3n) is 7.19. The van der Waals surface area contributed by atoms with Crippen molar-refractivity contribution in [2.24, 2.45) is 11.1 Å². The van der Waals surface area contributed by atoms with E-state index in [0.29, 0.717) is 24.9 Å². The maximum Gasteiger partial charge on any atom is 0.414 e. The van der Waals surface area contributed by atoms with Crippen molar-refractivity contribution in [2.75, 3.05) is 12.4 Å². The van der Waals surface area contributed by atoms with Gasteiger partial charge in [-0.2, -0.15) is 13.2 Å². The number of amides is 1. The lowest BCUT2D eigenvalue weighted by Crippen LogP contribution is -2.76. The largest absolute Gasteiger partial charge is 0.414 e. The number of anilines is 1. The first-order valence-corrected chi connectivity index (χ1v) is 11.6. The number of nitrogens with one attached hydrogen (secondary N) is 1. The molecular formula is C27H27F3N4O. The van der Waals surface area contributed by atoms with E-state index in [1.165, 1.54) is 19.3 Å². The second-order valence-corrected chi connectivity index (χ2v) is 9.90. The van der Waals surface area contributed by atoms with Crippen LogP contribution in [0.5, 0.6) is 0 Å². The van der Waals surface area contributed by atoms with Gasteiger partial charge < -0.3 is 16.0 Å². The van der Waals surface area contributed by atoms with Gasteiger partial charge in [0, 0.05) is 12.6 Å². The van der Waals surface area contributed by atoms with Gasteiger partial charge in [-0.15, -0.1) is 0 Å². The molecule has 1 unspecified atom stereocenters. The summed E-state index contributed by atoms with van der Waals surface area (Å²) in [7, 11) is 1.21. The van der Waals surface area contributed by atoms with Crippen LogP contribution in [0.25, 0.3) is 0 Å². The molecule has 35 heavy (non-hydrogen) atoms. The fourth-order valence-corrected chi connectivity index (χ4v) is 5.64. The highest BCUT2D eigenvalue weighted by Gasteiger charge is 2.71. The molecule has 182 valence electrons. The number of aromatic nitrogens is 1. The number of nitrogens with two attached hydrogens (primary N) is 1. The highest BCUT2D eigenvalue weighted by Crippen LogP contribution is 2.66. The minimum Gasteiger partial charge on any atom is -0.373 e. The van der Waals surface area contributed by atoms with E-state index in [2.05, 4.69) is 10.3 Å². The van der Waals surface area contributed by atoms with Gasteiger partial charge in [-0.3, -0.25) is 9.78 Å². The molecule has 3 aliphatic rings. The van der Waals surface area contributed by atoms with Gasteiger partial charge in [0.25, 0.3) is 0 Å². The molecule has 1 amide bonds. The number of alkyl halides is 3. The van der Waals surface area contributed by atoms with Crippen molar-refractivity contribution in [3.63, 3.8) is 0 Å². The Balaban J connectivity index is 1.38. The van der Waals surface area contributed by atoms with Gasteiger partial charge in [0.1, 0.15) is 0 Å². The lowest BCUT2D eigenvalue weighted by Gasteiger charge is -2.68. The van der Waals surface area contributed by atoms with Crippen LogP contribution < -0.4 is 11.1 Å². The molecule has 0 aliphatic heterocycles. The van der Waals surface area contributed by atoms with Gasteiger partial charge >= 0.3 is 6.18 Å². The Kier molecular flexibility index (Phi) is 5.59. The van der Waals surface area contributed by atoms with Crippen LogP contribution in [0, 0.1) is 5.41 Å². The fraction of sp³-hybridized carbons (Fsp3) is 0.333. The standard InChI is InChI=1S/C27H27F3N4O/c1-34(24(35)25-15-26(31,16-25)17-25)23(27(28,29)30)21-13-12-20(14-32-21)33-22(18-8-4-2-5-9-18)19-10-6-3-7-11-19/h2-14,22-23,33H,15-17,31H2,1H3. The van der Waals surface area contributed by atoms with Crippen LogP contribution in [0.1, 0.15) is 48.2 Å². The number of nitrogens with zero attached hydrogens (tertiary/aromatic N) is 2. The van der Waals surface area contributed by atoms with E-state index in [-0.39, 0.29) is 17.3 Å². The number of carbonyl (C=O) groups is 1. The van der Waals surface area contributed by atoms with E-state index in [1.54, 1.807) is 6.07 Å². The van der Waals surface area contributed by atoms with Gasteiger partial charge in [0.15, 0.2) is 6.04 Å². The first kappa shape index (κ1) is 23.4. The predicted molar refractivity (Wildman–Crippen MR) is 127 cm³/mol. The molecule has 6 rings (SSSR count). The Labute approximate surface area is 202 Å². The summed E-state index contributed by atoms with van der Waals surface area (Å²) < 4.78 is 42.3. The third kappa shape index (κ3) is 4.27. The Hall–Kier alpha value is -3.39. The number of rotatable bonds is 7. The van der Waals surface area contributed by atoms with Crippen LogP contribution >= 0.6 is 0 Å². The van der Waals surface area contributed by atoms with Crippen LogP contribution in [0.4, 0.5) is 18.9 Å². The van der Waals surface area contributed by atoms with Gasteiger partial charge in [-0.25, -0.2) is 0 Å². The Morgan fingerprint density at radius 2 is 1.51 bits per heavy atom. The smallest absolute Gasteiger partial charge is 0.373 e. The molecule has 3 N–H and O–H groups in total. The first-order chi connectivity index (χ1) is 16.6. The summed E-state index contributed by atoms with van der Waals surface area (Å²) in [5.41, 5.74) is 7.28. The molecule has 3 fully saturated rings. The van der Waals surface area contributed by atoms with E-state index in [9.17, 15) is 18.0 Å². The van der Waals surface area contributed by atoms with Gasteiger partial charge in [-0.1, -0.05) is 60.7 Å². The fourth-order valence-electron chi connectivity index (χ4n) is 5.64. The van der Waals surface area contributed by atoms with E-state index in [1.807, 2.05) is 60.7 Å². The summed E-state index contributed by atoms with van der Waals surface area (Å²) in [6.45, 7) is 0. The van der Waals surface area contributed by atoms with E-state index in [0.717, 1.165) is 16.0 Å². The van der Waals surface area contributed by atoms with Crippen molar-refractivity contribution in [3.05, 3.63) is 95.8 Å². The van der Waals surface area contributed by atoms with Crippen molar-refractivity contribution in [2.45, 2.75) is 43.1 Å². The average molecular weight is 481 g/mol. The molecule has 5 nitrogen and oxygen atoms in total. The maximum absolute atomic E-state index is 14.1. The Morgan fingerprint density at radius 3 is 1.94 bits per heavy atom. The van der Waals surface area contributed by atoms with Gasteiger partial charge in [0.05, 0.1) is 29.0 Å². The molecule has 2 aromatic carbocycles. The minimum atomic E-state index is -4.66. The molecule has 1 atom stereocenters. The van der Waals surface area contributed by atoms with E-state index >= 15 is 0 Å². The number of hydrogen-bond donors (Lipinski definition) is 2. The second-order valence-electron chi connectivity index (χ2n) is 9.90. The Morgan fingerprint density at radius 1 is 0.971 bits per heavy atom. The highest BCUT2D eigenvalue weighted by atomic mass is 19.4. The van der Waals surface area contributed by atoms with Crippen LogP contribution in [-0.2, 0) is 4.79 Å². The Bertz CT molecular complexity index is 1140. The van der Waals surface area contributed by atoms with E-state index < -0.39 is 23.5 Å². The van der Waals surface area contributed by atoms with Crippen molar-refractivity contribution < 1.29 is 18.0 Å². The highest BCUT2D eigenvalue weighted by molar-refractivity contribution is 5.87. The molecule has 2 bridgehead atoms. The third-order valence-corrected chi connectivity index (χ3v) is 7.19. The summed E-state index contributed by atoms with van der Waals surface area (Å²) >= 11 is 0. The summed E-state index contributed by atoms with van der Waals surface area (Å²) in [6, 6.07) is 20.2. The molecule has 0 spiro atoms. The number of halogens is 3. The lowest BCUT2D eigenvalue weighted by molar-refractivity contribution is -0.211. The van der Waals surface area contributed by atoms with Crippen molar-refractivity contribution in [1.29, 1.82) is 0 Å². The molecule has 3 saturated carbocycles. The minimum absolute atomic E-state index is 0.208. The second kappa shape index (κ2) is 8.37. The van der Waals surface area contributed by atoms with Gasteiger partial charge in [0.2, 0.25) is 5.91 Å². The topological polar surface area (TPSA) is 71.2 Å². The zero-order valence-electron chi connectivity index (χ0n) is 19.3. The van der Waals surface area contributed by atoms with Crippen molar-refractivity contribution in [1.82, 2.24) is 9.88 Å². The quantitative estimate of drug-likeness (QED) is 0.486. The molecule has 3 aliphatic carbocycles. The number of pyridine rings is 1. The molecule has 8 heteroatoms. The first-order valence-electron chi connectivity index (χ1n) is 11.6. The molecule has 3 aromatic rings. The number of hydrogen-bond acceptors (Lipinski definition) is 4. The van der Waals surface area contributed by atoms with Crippen LogP contribution in [0.2, 0.25) is 0 Å². The number of carbonyl (C=O) groups excluding carboxylic acids is 1. The monoisotopic (exact) mass is 480 g/mol. The van der Waals surface area contributed by atoms with Crippen molar-refractivity contribution in [3.8, 4) is 0 Å². The van der Waals surface area contributed by atoms with Crippen molar-refractivity contribution >= 4 is 11.6 Å². The van der Waals surface area contributed by atoms with Gasteiger partial charge in [-0.05, 0) is 42.5 Å². The molecule has 1 heterocycles. The molecule has 0 saturated heterocycles. The lowest BCUT2D eigenvalue weighted by atomic mass is 9.39. The number of benzene rings is 2. The van der Waals surface area contributed by atoms with Crippen LogP contribution in [0.3, 0.4) is 0 Å². The average Bonchev–Trinajstić information content (AvgIpc) is 2.80. The normalized spacial score (nSPS) is 23.7. The maximum atomic E-state index is 14.1. The summed E-state index contributed by atoms with van der Waals surface area (Å²) in [5.74, 6) is -0.510. The zero-order chi connectivity index (χ0) is 24.8. The van der Waals surface area contributed by atoms with E-state index in [4.69, 9.17) is 5.73 Å². The summed E-state index contributed by atoms with van der Waals surface area (Å²) in [5, 5.41) is 3.38.